The maximum atomic E-state index is 4.92. The Kier molecular flexibility index (Phi) is 5.70. The van der Waals surface area contributed by atoms with Crippen molar-refractivity contribution in [1.82, 2.24) is 4.98 Å². The van der Waals surface area contributed by atoms with E-state index in [4.69, 9.17) is 17.6 Å². The molecule has 0 saturated heterocycles. The minimum absolute atomic E-state index is 0.190. The van der Waals surface area contributed by atoms with E-state index in [1.54, 1.807) is 0 Å². The average Bonchev–Trinajstić information content (AvgIpc) is 2.53. The van der Waals surface area contributed by atoms with Gasteiger partial charge in [0.25, 0.3) is 0 Å². The van der Waals surface area contributed by atoms with Crippen LogP contribution in [0.4, 0.5) is 5.69 Å². The number of hydrogen-bond donors (Lipinski definition) is 2. The van der Waals surface area contributed by atoms with E-state index in [9.17, 15) is 0 Å². The van der Waals surface area contributed by atoms with Crippen LogP contribution in [0, 0.1) is 11.8 Å². The highest BCUT2D eigenvalue weighted by Gasteiger charge is 2.20. The van der Waals surface area contributed by atoms with Crippen molar-refractivity contribution >= 4 is 29.2 Å². The molecule has 1 aromatic carbocycles. The summed E-state index contributed by atoms with van der Waals surface area (Å²) in [6, 6.07) is 8.51. The van der Waals surface area contributed by atoms with Crippen molar-refractivity contribution in [2.24, 2.45) is 11.8 Å². The van der Waals surface area contributed by atoms with Crippen molar-refractivity contribution in [3.8, 4) is 0 Å². The van der Waals surface area contributed by atoms with Crippen molar-refractivity contribution in [2.75, 3.05) is 5.32 Å². The third-order valence-electron chi connectivity index (χ3n) is 4.98. The van der Waals surface area contributed by atoms with Crippen LogP contribution >= 0.6 is 12.6 Å². The van der Waals surface area contributed by atoms with Crippen LogP contribution in [0.2, 0.25) is 0 Å². The fourth-order valence-electron chi connectivity index (χ4n) is 4.05. The third kappa shape index (κ3) is 4.05. The summed E-state index contributed by atoms with van der Waals surface area (Å²) in [6.07, 6.45) is 7.12. The van der Waals surface area contributed by atoms with Crippen LogP contribution in [0.5, 0.6) is 0 Å². The van der Waals surface area contributed by atoms with Gasteiger partial charge < -0.3 is 5.32 Å². The number of aromatic nitrogens is 1. The zero-order valence-electron chi connectivity index (χ0n) is 15.2. The van der Waals surface area contributed by atoms with Gasteiger partial charge in [0, 0.05) is 16.8 Å². The highest BCUT2D eigenvalue weighted by molar-refractivity contribution is 7.81. The Balaban J connectivity index is 1.87. The minimum Gasteiger partial charge on any atom is -0.373 e. The molecule has 24 heavy (non-hydrogen) atoms. The lowest BCUT2D eigenvalue weighted by Gasteiger charge is -2.25. The number of para-hydroxylation sites is 1. The first-order valence-electron chi connectivity index (χ1n) is 9.39. The number of hydrogen-bond acceptors (Lipinski definition) is 3. The average molecular weight is 343 g/mol. The molecule has 130 valence electrons. The number of nitrogens with zero attached hydrogens (tertiary/aromatic N) is 1. The number of thiol groups is 1. The first kappa shape index (κ1) is 17.6. The molecule has 0 aliphatic heterocycles. The maximum absolute atomic E-state index is 4.92. The molecule has 3 rings (SSSR count). The van der Waals surface area contributed by atoms with E-state index in [0.29, 0.717) is 5.92 Å². The fraction of sp³-hybridized carbons (Fsp3) is 0.571. The quantitative estimate of drug-likeness (QED) is 0.508. The molecule has 1 aromatic heterocycles. The lowest BCUT2D eigenvalue weighted by molar-refractivity contribution is 0.417. The molecule has 1 aliphatic rings. The Bertz CT molecular complexity index is 696. The third-order valence-corrected chi connectivity index (χ3v) is 5.32. The molecular formula is C21H30N2S. The zero-order chi connectivity index (χ0) is 17.1. The fourth-order valence-corrected chi connectivity index (χ4v) is 4.53. The molecular weight excluding hydrogens is 312 g/mol. The van der Waals surface area contributed by atoms with Crippen molar-refractivity contribution < 1.29 is 0 Å². The molecule has 0 amide bonds. The van der Waals surface area contributed by atoms with E-state index in [-0.39, 0.29) is 5.37 Å². The van der Waals surface area contributed by atoms with Gasteiger partial charge in [-0.2, -0.15) is 12.6 Å². The first-order chi connectivity index (χ1) is 11.5. The van der Waals surface area contributed by atoms with Crippen LogP contribution in [0.1, 0.15) is 57.7 Å². The summed E-state index contributed by atoms with van der Waals surface area (Å²) in [5.41, 5.74) is 5.11. The summed E-state index contributed by atoms with van der Waals surface area (Å²) in [4.78, 5) is 4.92. The van der Waals surface area contributed by atoms with Gasteiger partial charge in [-0.15, -0.1) is 0 Å². The van der Waals surface area contributed by atoms with Gasteiger partial charge >= 0.3 is 0 Å². The predicted octanol–water partition coefficient (Wildman–Crippen LogP) is 5.85. The Hall–Kier alpha value is -1.22. The minimum atomic E-state index is 0.190. The molecule has 2 atom stereocenters. The van der Waals surface area contributed by atoms with Crippen molar-refractivity contribution in [1.29, 1.82) is 0 Å². The summed E-state index contributed by atoms with van der Waals surface area (Å²) in [5, 5.41) is 5.18. The molecule has 0 spiro atoms. The largest absolute Gasteiger partial charge is 0.373 e. The van der Waals surface area contributed by atoms with E-state index in [1.165, 1.54) is 41.6 Å². The van der Waals surface area contributed by atoms with E-state index in [0.717, 1.165) is 30.7 Å². The molecule has 0 saturated carbocycles. The maximum Gasteiger partial charge on any atom is 0.0726 e. The summed E-state index contributed by atoms with van der Waals surface area (Å²) in [6.45, 7) is 6.93. The Labute approximate surface area is 151 Å². The predicted molar refractivity (Wildman–Crippen MR) is 108 cm³/mol. The van der Waals surface area contributed by atoms with Crippen molar-refractivity contribution in [3.05, 3.63) is 35.5 Å². The van der Waals surface area contributed by atoms with Gasteiger partial charge in [-0.3, -0.25) is 4.98 Å². The highest BCUT2D eigenvalue weighted by Crippen LogP contribution is 2.34. The van der Waals surface area contributed by atoms with Gasteiger partial charge in [0.15, 0.2) is 0 Å². The number of aryl methyl sites for hydroxylation is 1. The molecule has 1 N–H and O–H groups in total. The van der Waals surface area contributed by atoms with Crippen LogP contribution in [0.3, 0.4) is 0 Å². The topological polar surface area (TPSA) is 24.9 Å². The van der Waals surface area contributed by atoms with Crippen molar-refractivity contribution in [3.63, 3.8) is 0 Å². The normalized spacial score (nSPS) is 16.9. The van der Waals surface area contributed by atoms with E-state index in [2.05, 4.69) is 50.4 Å². The molecule has 2 nitrogen and oxygen atoms in total. The second kappa shape index (κ2) is 7.77. The number of pyridine rings is 1. The summed E-state index contributed by atoms with van der Waals surface area (Å²) in [5.74, 6) is 1.43. The van der Waals surface area contributed by atoms with E-state index in [1.807, 2.05) is 0 Å². The molecule has 1 heterocycles. The summed E-state index contributed by atoms with van der Waals surface area (Å²) >= 11 is 4.86. The second-order valence-electron chi connectivity index (χ2n) is 7.77. The van der Waals surface area contributed by atoms with E-state index < -0.39 is 0 Å². The van der Waals surface area contributed by atoms with Crippen LogP contribution in [-0.2, 0) is 12.8 Å². The van der Waals surface area contributed by atoms with Crippen molar-refractivity contribution in [2.45, 2.75) is 64.7 Å². The molecule has 2 aromatic rings. The Morgan fingerprint density at radius 1 is 1.08 bits per heavy atom. The van der Waals surface area contributed by atoms with Crippen LogP contribution in [0.25, 0.3) is 10.9 Å². The van der Waals surface area contributed by atoms with Gasteiger partial charge in [0.2, 0.25) is 0 Å². The lowest BCUT2D eigenvalue weighted by Crippen LogP contribution is -2.20. The number of rotatable bonds is 6. The van der Waals surface area contributed by atoms with Gasteiger partial charge in [0.1, 0.15) is 0 Å². The van der Waals surface area contributed by atoms with Crippen LogP contribution < -0.4 is 5.32 Å². The molecule has 0 bridgehead atoms. The Morgan fingerprint density at radius 3 is 2.62 bits per heavy atom. The molecule has 0 fully saturated rings. The van der Waals surface area contributed by atoms with Gasteiger partial charge in [-0.1, -0.05) is 39.0 Å². The molecule has 1 aliphatic carbocycles. The number of nitrogens with one attached hydrogen (secondary N) is 1. The SMILES string of the molecule is CC(C)CC(C)CC(S)Nc1c2c(nc3ccccc13)CCCC2. The number of fused-ring (bicyclic) bond motifs is 2. The smallest absolute Gasteiger partial charge is 0.0726 e. The summed E-state index contributed by atoms with van der Waals surface area (Å²) < 4.78 is 0. The van der Waals surface area contributed by atoms with Gasteiger partial charge in [0.05, 0.1) is 10.9 Å². The van der Waals surface area contributed by atoms with Crippen LogP contribution in [-0.4, -0.2) is 10.4 Å². The van der Waals surface area contributed by atoms with Crippen LogP contribution in [0.15, 0.2) is 24.3 Å². The number of anilines is 1. The van der Waals surface area contributed by atoms with Gasteiger partial charge in [-0.05, 0) is 62.0 Å². The molecule has 3 heteroatoms. The van der Waals surface area contributed by atoms with Gasteiger partial charge in [-0.25, -0.2) is 0 Å². The summed E-state index contributed by atoms with van der Waals surface area (Å²) in [7, 11) is 0. The molecule has 2 unspecified atom stereocenters. The number of benzene rings is 1. The van der Waals surface area contributed by atoms with E-state index >= 15 is 0 Å². The monoisotopic (exact) mass is 342 g/mol. The zero-order valence-corrected chi connectivity index (χ0v) is 16.1. The Morgan fingerprint density at radius 2 is 1.83 bits per heavy atom. The molecule has 0 radical (unpaired) electrons. The highest BCUT2D eigenvalue weighted by atomic mass is 32.1. The standard InChI is InChI=1S/C21H30N2S/c1-14(2)12-15(3)13-20(24)23-21-16-8-4-6-10-18(16)22-19-11-7-5-9-17(19)21/h4,6,8,10,14-15,20,24H,5,7,9,11-13H2,1-3H3,(H,22,23). The lowest BCUT2D eigenvalue weighted by atomic mass is 9.92. The second-order valence-corrected chi connectivity index (χ2v) is 8.39. The first-order valence-corrected chi connectivity index (χ1v) is 9.91.